The molecule has 0 aromatic rings. The van der Waals surface area contributed by atoms with Crippen LogP contribution in [0.1, 0.15) is 13.3 Å². The molecule has 0 radical (unpaired) electrons. The lowest BCUT2D eigenvalue weighted by Crippen LogP contribution is -2.50. The van der Waals surface area contributed by atoms with Gasteiger partial charge in [0, 0.05) is 38.7 Å². The standard InChI is InChI=1S/C12H22N2O3/c1-10(14-5-3-13-4-6-14)12(15)17-9-11-2-7-16-8-11/h10-11,13H,2-9H2,1H3. The predicted octanol–water partition coefficient (Wildman–Crippen LogP) is -0.140. The molecule has 2 aliphatic rings. The van der Waals surface area contributed by atoms with E-state index in [4.69, 9.17) is 9.47 Å². The van der Waals surface area contributed by atoms with Crippen LogP contribution in [0, 0.1) is 5.92 Å². The van der Waals surface area contributed by atoms with Crippen molar-refractivity contribution in [3.8, 4) is 0 Å². The molecule has 0 saturated carbocycles. The third-order valence-corrected chi connectivity index (χ3v) is 3.53. The molecule has 2 heterocycles. The fourth-order valence-electron chi connectivity index (χ4n) is 2.25. The number of nitrogens with zero attached hydrogens (tertiary/aromatic N) is 1. The van der Waals surface area contributed by atoms with E-state index in [0.717, 1.165) is 45.8 Å². The van der Waals surface area contributed by atoms with Crippen LogP contribution in [-0.4, -0.2) is 62.9 Å². The molecule has 1 N–H and O–H groups in total. The molecule has 2 aliphatic heterocycles. The van der Waals surface area contributed by atoms with Gasteiger partial charge in [0.1, 0.15) is 6.04 Å². The molecule has 5 nitrogen and oxygen atoms in total. The predicted molar refractivity (Wildman–Crippen MR) is 63.8 cm³/mol. The highest BCUT2D eigenvalue weighted by Crippen LogP contribution is 2.13. The zero-order valence-corrected chi connectivity index (χ0v) is 10.5. The minimum absolute atomic E-state index is 0.0983. The zero-order chi connectivity index (χ0) is 12.1. The van der Waals surface area contributed by atoms with E-state index in [1.165, 1.54) is 0 Å². The van der Waals surface area contributed by atoms with Crippen LogP contribution in [0.4, 0.5) is 0 Å². The van der Waals surface area contributed by atoms with Crippen molar-refractivity contribution in [1.29, 1.82) is 0 Å². The summed E-state index contributed by atoms with van der Waals surface area (Å²) in [4.78, 5) is 14.0. The molecule has 2 rings (SSSR count). The van der Waals surface area contributed by atoms with Gasteiger partial charge in [-0.1, -0.05) is 0 Å². The smallest absolute Gasteiger partial charge is 0.323 e. The van der Waals surface area contributed by atoms with Crippen molar-refractivity contribution in [1.82, 2.24) is 10.2 Å². The van der Waals surface area contributed by atoms with Crippen LogP contribution in [-0.2, 0) is 14.3 Å². The quantitative estimate of drug-likeness (QED) is 0.695. The summed E-state index contributed by atoms with van der Waals surface area (Å²) in [7, 11) is 0. The summed E-state index contributed by atoms with van der Waals surface area (Å²) in [5.41, 5.74) is 0. The van der Waals surface area contributed by atoms with Gasteiger partial charge in [0.15, 0.2) is 0 Å². The zero-order valence-electron chi connectivity index (χ0n) is 10.5. The molecule has 2 saturated heterocycles. The second-order valence-electron chi connectivity index (χ2n) is 4.82. The van der Waals surface area contributed by atoms with E-state index in [1.807, 2.05) is 6.92 Å². The van der Waals surface area contributed by atoms with E-state index in [0.29, 0.717) is 12.5 Å². The summed E-state index contributed by atoms with van der Waals surface area (Å²) in [5, 5.41) is 3.27. The van der Waals surface area contributed by atoms with Crippen molar-refractivity contribution in [3.05, 3.63) is 0 Å². The maximum atomic E-state index is 11.9. The largest absolute Gasteiger partial charge is 0.464 e. The minimum Gasteiger partial charge on any atom is -0.464 e. The number of hydrogen-bond donors (Lipinski definition) is 1. The van der Waals surface area contributed by atoms with Gasteiger partial charge in [0.2, 0.25) is 0 Å². The van der Waals surface area contributed by atoms with Crippen LogP contribution >= 0.6 is 0 Å². The summed E-state index contributed by atoms with van der Waals surface area (Å²) < 4.78 is 10.6. The van der Waals surface area contributed by atoms with Crippen LogP contribution in [0.25, 0.3) is 0 Å². The van der Waals surface area contributed by atoms with Gasteiger partial charge in [-0.3, -0.25) is 9.69 Å². The Morgan fingerprint density at radius 2 is 2.29 bits per heavy atom. The molecule has 2 atom stereocenters. The highest BCUT2D eigenvalue weighted by Gasteiger charge is 2.25. The number of hydrogen-bond acceptors (Lipinski definition) is 5. The maximum absolute atomic E-state index is 11.9. The minimum atomic E-state index is -0.126. The summed E-state index contributed by atoms with van der Waals surface area (Å²) in [6.07, 6.45) is 1.01. The van der Waals surface area contributed by atoms with Crippen molar-refractivity contribution in [2.24, 2.45) is 5.92 Å². The number of ether oxygens (including phenoxy) is 2. The van der Waals surface area contributed by atoms with E-state index in [1.54, 1.807) is 0 Å². The Labute approximate surface area is 102 Å². The molecule has 2 fully saturated rings. The molecule has 17 heavy (non-hydrogen) atoms. The van der Waals surface area contributed by atoms with Gasteiger partial charge in [0.25, 0.3) is 0 Å². The van der Waals surface area contributed by atoms with E-state index >= 15 is 0 Å². The summed E-state index contributed by atoms with van der Waals surface area (Å²) in [5.74, 6) is 0.299. The first kappa shape index (κ1) is 12.8. The number of piperazine rings is 1. The van der Waals surface area contributed by atoms with Gasteiger partial charge in [-0.15, -0.1) is 0 Å². The Hall–Kier alpha value is -0.650. The van der Waals surface area contributed by atoms with Crippen molar-refractivity contribution < 1.29 is 14.3 Å². The molecule has 0 aromatic carbocycles. The van der Waals surface area contributed by atoms with E-state index < -0.39 is 0 Å². The van der Waals surface area contributed by atoms with Crippen LogP contribution in [0.3, 0.4) is 0 Å². The number of carbonyl (C=O) groups excluding carboxylic acids is 1. The van der Waals surface area contributed by atoms with Crippen LogP contribution in [0.5, 0.6) is 0 Å². The van der Waals surface area contributed by atoms with Crippen LogP contribution < -0.4 is 5.32 Å². The SMILES string of the molecule is CC(C(=O)OCC1CCOC1)N1CCNCC1. The molecular weight excluding hydrogens is 220 g/mol. The van der Waals surface area contributed by atoms with Crippen molar-refractivity contribution >= 4 is 5.97 Å². The fourth-order valence-corrected chi connectivity index (χ4v) is 2.25. The first-order chi connectivity index (χ1) is 8.27. The molecule has 2 unspecified atom stereocenters. The van der Waals surface area contributed by atoms with E-state index in [2.05, 4.69) is 10.2 Å². The van der Waals surface area contributed by atoms with Gasteiger partial charge in [-0.05, 0) is 13.3 Å². The lowest BCUT2D eigenvalue weighted by atomic mass is 10.1. The van der Waals surface area contributed by atoms with Crippen molar-refractivity contribution in [2.75, 3.05) is 46.0 Å². The van der Waals surface area contributed by atoms with Gasteiger partial charge in [-0.25, -0.2) is 0 Å². The van der Waals surface area contributed by atoms with E-state index in [9.17, 15) is 4.79 Å². The second kappa shape index (κ2) is 6.33. The fraction of sp³-hybridized carbons (Fsp3) is 0.917. The monoisotopic (exact) mass is 242 g/mol. The second-order valence-corrected chi connectivity index (χ2v) is 4.82. The Morgan fingerprint density at radius 1 is 1.53 bits per heavy atom. The first-order valence-electron chi connectivity index (χ1n) is 6.46. The summed E-state index contributed by atoms with van der Waals surface area (Å²) >= 11 is 0. The third kappa shape index (κ3) is 3.66. The Bertz CT molecular complexity index is 248. The topological polar surface area (TPSA) is 50.8 Å². The average molecular weight is 242 g/mol. The number of nitrogens with one attached hydrogen (secondary N) is 1. The Balaban J connectivity index is 1.70. The number of carbonyl (C=O) groups is 1. The van der Waals surface area contributed by atoms with Gasteiger partial charge in [-0.2, -0.15) is 0 Å². The Kier molecular flexibility index (Phi) is 4.76. The Morgan fingerprint density at radius 3 is 2.94 bits per heavy atom. The molecule has 98 valence electrons. The highest BCUT2D eigenvalue weighted by molar-refractivity contribution is 5.75. The highest BCUT2D eigenvalue weighted by atomic mass is 16.5. The lowest BCUT2D eigenvalue weighted by Gasteiger charge is -2.31. The molecular formula is C12H22N2O3. The lowest BCUT2D eigenvalue weighted by molar-refractivity contribution is -0.151. The molecule has 0 aliphatic carbocycles. The first-order valence-corrected chi connectivity index (χ1v) is 6.46. The van der Waals surface area contributed by atoms with Crippen molar-refractivity contribution in [3.63, 3.8) is 0 Å². The molecule has 5 heteroatoms. The molecule has 0 aromatic heterocycles. The van der Waals surface area contributed by atoms with E-state index in [-0.39, 0.29) is 12.0 Å². The van der Waals surface area contributed by atoms with Crippen LogP contribution in [0.15, 0.2) is 0 Å². The molecule has 0 spiro atoms. The normalized spacial score (nSPS) is 27.9. The van der Waals surface area contributed by atoms with Crippen LogP contribution in [0.2, 0.25) is 0 Å². The number of rotatable bonds is 4. The summed E-state index contributed by atoms with van der Waals surface area (Å²) in [6.45, 7) is 7.71. The van der Waals surface area contributed by atoms with Crippen molar-refractivity contribution in [2.45, 2.75) is 19.4 Å². The van der Waals surface area contributed by atoms with Gasteiger partial charge >= 0.3 is 5.97 Å². The molecule has 0 amide bonds. The number of esters is 1. The summed E-state index contributed by atoms with van der Waals surface area (Å²) in [6, 6.07) is -0.126. The maximum Gasteiger partial charge on any atom is 0.323 e. The van der Waals surface area contributed by atoms with Gasteiger partial charge in [0.05, 0.1) is 13.2 Å². The van der Waals surface area contributed by atoms with Gasteiger partial charge < -0.3 is 14.8 Å². The third-order valence-electron chi connectivity index (χ3n) is 3.53. The average Bonchev–Trinajstić information content (AvgIpc) is 2.89. The molecule has 0 bridgehead atoms.